The van der Waals surface area contributed by atoms with Crippen LogP contribution in [0.2, 0.25) is 0 Å². The molecule has 3 heterocycles. The highest BCUT2D eigenvalue weighted by molar-refractivity contribution is 5.72. The van der Waals surface area contributed by atoms with E-state index < -0.39 is 0 Å². The molecule has 204 valence electrons. The molecule has 0 radical (unpaired) electrons. The van der Waals surface area contributed by atoms with E-state index in [2.05, 4.69) is 85.9 Å². The van der Waals surface area contributed by atoms with E-state index >= 15 is 0 Å². The van der Waals surface area contributed by atoms with Gasteiger partial charge < -0.3 is 9.64 Å². The van der Waals surface area contributed by atoms with Crippen molar-refractivity contribution in [2.45, 2.75) is 53.4 Å². The molecule has 1 aliphatic carbocycles. The van der Waals surface area contributed by atoms with Crippen molar-refractivity contribution in [1.82, 2.24) is 19.7 Å². The van der Waals surface area contributed by atoms with Gasteiger partial charge in [0.15, 0.2) is 0 Å². The summed E-state index contributed by atoms with van der Waals surface area (Å²) in [6.07, 6.45) is 18.7. The van der Waals surface area contributed by atoms with Crippen molar-refractivity contribution in [3.8, 4) is 17.1 Å². The van der Waals surface area contributed by atoms with Gasteiger partial charge in [0.25, 0.3) is 5.95 Å². The molecule has 2 aliphatic rings. The summed E-state index contributed by atoms with van der Waals surface area (Å²) in [7, 11) is 0. The first-order valence-electron chi connectivity index (χ1n) is 14.1. The van der Waals surface area contributed by atoms with Crippen molar-refractivity contribution in [2.75, 3.05) is 31.2 Å². The van der Waals surface area contributed by atoms with Gasteiger partial charge in [0.2, 0.25) is 0 Å². The van der Waals surface area contributed by atoms with Crippen molar-refractivity contribution < 1.29 is 4.74 Å². The average molecular weight is 524 g/mol. The molecular weight excluding hydrogens is 482 g/mol. The maximum Gasteiger partial charge on any atom is 0.253 e. The van der Waals surface area contributed by atoms with Crippen molar-refractivity contribution in [1.29, 1.82) is 0 Å². The second-order valence-corrected chi connectivity index (χ2v) is 9.89. The number of morpholine rings is 1. The highest BCUT2D eigenvalue weighted by Crippen LogP contribution is 2.36. The number of nitrogens with zero attached hydrogens (tertiary/aromatic N) is 5. The Kier molecular flexibility index (Phi) is 10.0. The number of aryl methyl sites for hydroxylation is 1. The summed E-state index contributed by atoms with van der Waals surface area (Å²) in [5.74, 6) is 1.62. The number of aromatic nitrogens is 4. The summed E-state index contributed by atoms with van der Waals surface area (Å²) in [5.41, 5.74) is 8.38. The number of ether oxygens (including phenoxy) is 1. The fourth-order valence-electron chi connectivity index (χ4n) is 4.86. The summed E-state index contributed by atoms with van der Waals surface area (Å²) < 4.78 is 7.44. The lowest BCUT2D eigenvalue weighted by Gasteiger charge is -2.29. The Bertz CT molecular complexity index is 1360. The van der Waals surface area contributed by atoms with Crippen LogP contribution in [0.4, 0.5) is 5.82 Å². The van der Waals surface area contributed by atoms with E-state index in [1.54, 1.807) is 10.8 Å². The Morgan fingerprint density at radius 2 is 1.92 bits per heavy atom. The number of hydrogen-bond donors (Lipinski definition) is 0. The molecule has 1 aromatic carbocycles. The Labute approximate surface area is 233 Å². The molecule has 39 heavy (non-hydrogen) atoms. The third kappa shape index (κ3) is 7.01. The van der Waals surface area contributed by atoms with E-state index in [1.165, 1.54) is 22.3 Å². The van der Waals surface area contributed by atoms with E-state index in [0.717, 1.165) is 74.6 Å². The first-order valence-corrected chi connectivity index (χ1v) is 14.1. The summed E-state index contributed by atoms with van der Waals surface area (Å²) in [4.78, 5) is 12.4. The number of anilines is 1. The predicted molar refractivity (Wildman–Crippen MR) is 162 cm³/mol. The van der Waals surface area contributed by atoms with Gasteiger partial charge in [-0.05, 0) is 49.5 Å². The van der Waals surface area contributed by atoms with E-state index in [4.69, 9.17) is 14.7 Å². The van der Waals surface area contributed by atoms with Crippen LogP contribution < -0.4 is 4.90 Å². The van der Waals surface area contributed by atoms with Crippen LogP contribution in [0, 0.1) is 6.92 Å². The monoisotopic (exact) mass is 523 g/mol. The molecule has 0 unspecified atom stereocenters. The molecule has 3 aromatic rings. The molecule has 0 saturated carbocycles. The Hall–Kier alpha value is -3.77. The van der Waals surface area contributed by atoms with Gasteiger partial charge in [-0.2, -0.15) is 10.1 Å². The molecule has 0 spiro atoms. The number of allylic oxidation sites excluding steroid dienone is 6. The molecule has 1 saturated heterocycles. The zero-order valence-corrected chi connectivity index (χ0v) is 23.9. The van der Waals surface area contributed by atoms with Gasteiger partial charge in [-0.1, -0.05) is 74.4 Å². The molecular formula is C33H41N5O. The van der Waals surface area contributed by atoms with Gasteiger partial charge in [0.05, 0.1) is 25.1 Å². The first kappa shape index (κ1) is 28.2. The zero-order chi connectivity index (χ0) is 27.6. The zero-order valence-electron chi connectivity index (χ0n) is 23.9. The van der Waals surface area contributed by atoms with Crippen LogP contribution in [-0.2, 0) is 11.2 Å². The lowest BCUT2D eigenvalue weighted by atomic mass is 9.99. The van der Waals surface area contributed by atoms with E-state index in [-0.39, 0.29) is 0 Å². The molecule has 0 bridgehead atoms. The van der Waals surface area contributed by atoms with Gasteiger partial charge in [0, 0.05) is 36.8 Å². The van der Waals surface area contributed by atoms with Crippen LogP contribution in [-0.4, -0.2) is 46.1 Å². The fraction of sp³-hybridized carbons (Fsp3) is 0.364. The lowest BCUT2D eigenvalue weighted by molar-refractivity contribution is 0.122. The van der Waals surface area contributed by atoms with Gasteiger partial charge >= 0.3 is 0 Å². The fourth-order valence-corrected chi connectivity index (χ4v) is 4.86. The molecule has 6 heteroatoms. The second-order valence-electron chi connectivity index (χ2n) is 9.89. The van der Waals surface area contributed by atoms with Crippen LogP contribution in [0.1, 0.15) is 56.9 Å². The van der Waals surface area contributed by atoms with Crippen LogP contribution in [0.5, 0.6) is 0 Å². The topological polar surface area (TPSA) is 56.1 Å². The predicted octanol–water partition coefficient (Wildman–Crippen LogP) is 7.30. The molecule has 0 N–H and O–H groups in total. The maximum absolute atomic E-state index is 5.63. The van der Waals surface area contributed by atoms with E-state index in [0.29, 0.717) is 5.95 Å². The minimum Gasteiger partial charge on any atom is -0.378 e. The maximum atomic E-state index is 5.63. The van der Waals surface area contributed by atoms with Crippen molar-refractivity contribution in [3.63, 3.8) is 0 Å². The van der Waals surface area contributed by atoms with Crippen molar-refractivity contribution >= 4 is 11.9 Å². The molecule has 2 aromatic heterocycles. The van der Waals surface area contributed by atoms with Crippen molar-refractivity contribution in [3.05, 3.63) is 95.5 Å². The van der Waals surface area contributed by atoms with Crippen molar-refractivity contribution in [2.24, 2.45) is 0 Å². The van der Waals surface area contributed by atoms with Gasteiger partial charge in [-0.25, -0.2) is 9.67 Å². The molecule has 1 aliphatic heterocycles. The third-order valence-corrected chi connectivity index (χ3v) is 6.73. The van der Waals surface area contributed by atoms with Gasteiger partial charge in [0.1, 0.15) is 5.82 Å². The normalized spacial score (nSPS) is 15.1. The Balaban J connectivity index is 0.00000112. The van der Waals surface area contributed by atoms with Crippen LogP contribution >= 0.6 is 0 Å². The smallest absolute Gasteiger partial charge is 0.253 e. The number of rotatable bonds is 8. The van der Waals surface area contributed by atoms with Gasteiger partial charge in [-0.3, -0.25) is 0 Å². The minimum atomic E-state index is 0.610. The second kappa shape index (κ2) is 13.9. The summed E-state index contributed by atoms with van der Waals surface area (Å²) in [6.45, 7) is 14.9. The van der Waals surface area contributed by atoms with Gasteiger partial charge in [-0.15, -0.1) is 6.58 Å². The molecule has 6 nitrogen and oxygen atoms in total. The van der Waals surface area contributed by atoms with E-state index in [1.807, 2.05) is 19.3 Å². The third-order valence-electron chi connectivity index (χ3n) is 6.73. The number of fused-ring (bicyclic) bond motifs is 1. The summed E-state index contributed by atoms with van der Waals surface area (Å²) in [6, 6.07) is 8.47. The number of hydrogen-bond acceptors (Lipinski definition) is 5. The standard InChI is InChI=1S/C30H35N5O.C3H6/c1-4-6-7-11-23(9-5-2)25-18-27-28(19-25)32-30(33-29(27)34-13-15-36-16-14-34)35-21-26(20-31-35)24-12-8-10-22(3)17-24;1-3-2/h6-8,10-12,17,19-21H,4-5,9,13-16,18H2,1-3H3;3H,1H2,2H3/b7-6+,23-11+;. The Morgan fingerprint density at radius 3 is 2.64 bits per heavy atom. The quantitative estimate of drug-likeness (QED) is 0.229. The molecule has 1 fully saturated rings. The highest BCUT2D eigenvalue weighted by Gasteiger charge is 2.26. The summed E-state index contributed by atoms with van der Waals surface area (Å²) >= 11 is 0. The summed E-state index contributed by atoms with van der Waals surface area (Å²) in [5, 5.41) is 4.64. The van der Waals surface area contributed by atoms with Crippen LogP contribution in [0.25, 0.3) is 23.2 Å². The van der Waals surface area contributed by atoms with E-state index in [9.17, 15) is 0 Å². The minimum absolute atomic E-state index is 0.610. The first-order chi connectivity index (χ1) is 19.1. The molecule has 0 atom stereocenters. The average Bonchev–Trinajstić information content (AvgIpc) is 3.61. The van der Waals surface area contributed by atoms with Crippen LogP contribution in [0.3, 0.4) is 0 Å². The largest absolute Gasteiger partial charge is 0.378 e. The molecule has 5 rings (SSSR count). The highest BCUT2D eigenvalue weighted by atomic mass is 16.5. The SMILES string of the molecule is C=CC.CC/C=C/C=C(\CCC)C1=Cc2nc(-n3cc(-c4cccc(C)c4)cn3)nc(N3CCOCC3)c2C1. The Morgan fingerprint density at radius 1 is 1.13 bits per heavy atom. The van der Waals surface area contributed by atoms with Crippen LogP contribution in [0.15, 0.2) is 78.7 Å². The number of benzene rings is 1. The molecule has 0 amide bonds. The lowest BCUT2D eigenvalue weighted by Crippen LogP contribution is -2.37.